The molecule has 0 aliphatic carbocycles. The molecule has 1 aromatic rings. The average molecular weight is 336 g/mol. The second-order valence-electron chi connectivity index (χ2n) is 5.68. The zero-order valence-corrected chi connectivity index (χ0v) is 13.8. The van der Waals surface area contributed by atoms with E-state index in [9.17, 15) is 19.8 Å². The molecule has 7 heteroatoms. The van der Waals surface area contributed by atoms with Crippen LogP contribution in [0, 0.1) is 6.92 Å². The predicted molar refractivity (Wildman–Crippen MR) is 84.2 cm³/mol. The van der Waals surface area contributed by atoms with Crippen LogP contribution in [0.1, 0.15) is 40.4 Å². The summed E-state index contributed by atoms with van der Waals surface area (Å²) in [4.78, 5) is 22.5. The van der Waals surface area contributed by atoms with E-state index in [-0.39, 0.29) is 24.3 Å². The Morgan fingerprint density at radius 3 is 2.71 bits per heavy atom. The van der Waals surface area contributed by atoms with Crippen molar-refractivity contribution in [3.8, 4) is 11.5 Å². The first kappa shape index (κ1) is 17.8. The van der Waals surface area contributed by atoms with Gasteiger partial charge in [-0.1, -0.05) is 6.08 Å². The van der Waals surface area contributed by atoms with Crippen LogP contribution in [0.25, 0.3) is 0 Å². The fourth-order valence-electron chi connectivity index (χ4n) is 2.75. The highest BCUT2D eigenvalue weighted by Gasteiger charge is 2.31. The number of carbonyl (C=O) groups is 2. The lowest BCUT2D eigenvalue weighted by Crippen LogP contribution is -2.14. The molecule has 0 amide bonds. The van der Waals surface area contributed by atoms with E-state index < -0.39 is 24.5 Å². The highest BCUT2D eigenvalue weighted by molar-refractivity contribution is 5.98. The van der Waals surface area contributed by atoms with Gasteiger partial charge in [0.1, 0.15) is 23.7 Å². The maximum absolute atomic E-state index is 11.8. The molecule has 2 rings (SSSR count). The number of carbonyl (C=O) groups excluding carboxylic acids is 1. The fourth-order valence-corrected chi connectivity index (χ4v) is 2.75. The highest BCUT2D eigenvalue weighted by Crippen LogP contribution is 2.42. The van der Waals surface area contributed by atoms with Crippen LogP contribution in [0.4, 0.5) is 0 Å². The molecular weight excluding hydrogens is 316 g/mol. The molecular formula is C17H20O7. The Balaban J connectivity index is 2.40. The second kappa shape index (κ2) is 6.92. The molecule has 7 nitrogen and oxygen atoms in total. The van der Waals surface area contributed by atoms with Crippen LogP contribution in [0.3, 0.4) is 0 Å². The first-order valence-electron chi connectivity index (χ1n) is 7.42. The van der Waals surface area contributed by atoms with E-state index in [1.807, 2.05) is 0 Å². The molecule has 0 spiro atoms. The molecule has 24 heavy (non-hydrogen) atoms. The van der Waals surface area contributed by atoms with Crippen molar-refractivity contribution in [1.82, 2.24) is 0 Å². The van der Waals surface area contributed by atoms with Gasteiger partial charge in [0, 0.05) is 11.1 Å². The molecule has 0 saturated heterocycles. The summed E-state index contributed by atoms with van der Waals surface area (Å²) in [5.74, 6) is -1.44. The van der Waals surface area contributed by atoms with E-state index >= 15 is 0 Å². The van der Waals surface area contributed by atoms with Gasteiger partial charge in [-0.3, -0.25) is 4.79 Å². The number of ether oxygens (including phenoxy) is 2. The number of fused-ring (bicyclic) bond motifs is 1. The van der Waals surface area contributed by atoms with Gasteiger partial charge < -0.3 is 24.8 Å². The number of benzene rings is 1. The number of cyclic esters (lactones) is 1. The Morgan fingerprint density at radius 2 is 2.12 bits per heavy atom. The Morgan fingerprint density at radius 1 is 1.46 bits per heavy atom. The summed E-state index contributed by atoms with van der Waals surface area (Å²) in [6.07, 6.45) is 0.271. The third-order valence-electron chi connectivity index (χ3n) is 4.17. The number of carboxylic acids is 1. The number of hydrogen-bond acceptors (Lipinski definition) is 6. The smallest absolute Gasteiger partial charge is 0.342 e. The largest absolute Gasteiger partial charge is 0.507 e. The molecule has 1 heterocycles. The number of rotatable bonds is 6. The van der Waals surface area contributed by atoms with Crippen LogP contribution in [-0.2, 0) is 22.6 Å². The molecule has 1 aromatic carbocycles. The van der Waals surface area contributed by atoms with Gasteiger partial charge in [0.05, 0.1) is 19.6 Å². The Bertz CT molecular complexity index is 718. The minimum absolute atomic E-state index is 0.0936. The van der Waals surface area contributed by atoms with Crippen molar-refractivity contribution in [2.75, 3.05) is 7.11 Å². The first-order valence-corrected chi connectivity index (χ1v) is 7.42. The van der Waals surface area contributed by atoms with Crippen molar-refractivity contribution in [1.29, 1.82) is 0 Å². The van der Waals surface area contributed by atoms with Crippen LogP contribution in [0.15, 0.2) is 11.6 Å². The summed E-state index contributed by atoms with van der Waals surface area (Å²) in [6.45, 7) is 3.47. The summed E-state index contributed by atoms with van der Waals surface area (Å²) in [7, 11) is 1.46. The van der Waals surface area contributed by atoms with Gasteiger partial charge in [-0.15, -0.1) is 0 Å². The molecule has 0 bridgehead atoms. The highest BCUT2D eigenvalue weighted by atomic mass is 16.5. The van der Waals surface area contributed by atoms with Crippen molar-refractivity contribution >= 4 is 11.9 Å². The number of phenolic OH excluding ortho intramolecular Hbond substituents is 1. The SMILES string of the molecule is COc1c(C)c2c(c(O)c1CC=C(C)C(O)CC(=O)O)C(=O)OC2. The third kappa shape index (κ3) is 3.21. The molecule has 1 aliphatic heterocycles. The zero-order valence-electron chi connectivity index (χ0n) is 13.8. The molecule has 130 valence electrons. The van der Waals surface area contributed by atoms with Gasteiger partial charge in [-0.05, 0) is 31.4 Å². The number of methoxy groups -OCH3 is 1. The molecule has 1 unspecified atom stereocenters. The van der Waals surface area contributed by atoms with Crippen molar-refractivity contribution in [3.63, 3.8) is 0 Å². The number of aliphatic hydroxyl groups is 1. The van der Waals surface area contributed by atoms with E-state index in [4.69, 9.17) is 14.6 Å². The summed E-state index contributed by atoms with van der Waals surface area (Å²) in [5, 5.41) is 29.0. The minimum atomic E-state index is -1.11. The summed E-state index contributed by atoms with van der Waals surface area (Å²) >= 11 is 0. The minimum Gasteiger partial charge on any atom is -0.507 e. The van der Waals surface area contributed by atoms with Crippen molar-refractivity contribution in [2.45, 2.75) is 39.4 Å². The summed E-state index contributed by atoms with van der Waals surface area (Å²) in [6, 6.07) is 0. The summed E-state index contributed by atoms with van der Waals surface area (Å²) < 4.78 is 10.3. The number of carboxylic acid groups (broad SMARTS) is 1. The van der Waals surface area contributed by atoms with E-state index in [2.05, 4.69) is 0 Å². The molecule has 0 aromatic heterocycles. The van der Waals surface area contributed by atoms with Gasteiger partial charge in [0.15, 0.2) is 0 Å². The van der Waals surface area contributed by atoms with Gasteiger partial charge in [0.25, 0.3) is 0 Å². The van der Waals surface area contributed by atoms with Gasteiger partial charge in [0.2, 0.25) is 0 Å². The first-order chi connectivity index (χ1) is 11.3. The van der Waals surface area contributed by atoms with Gasteiger partial charge in [-0.25, -0.2) is 4.79 Å². The monoisotopic (exact) mass is 336 g/mol. The molecule has 1 atom stereocenters. The lowest BCUT2D eigenvalue weighted by Gasteiger charge is -2.16. The number of aromatic hydroxyl groups is 1. The number of hydrogen-bond donors (Lipinski definition) is 3. The standard InChI is InChI=1S/C17H20O7/c1-8(12(18)6-13(19)20)4-5-10-15(21)14-11(7-24-17(14)22)9(2)16(10)23-3/h4,12,18,21H,5-7H2,1-3H3,(H,19,20). The molecule has 3 N–H and O–H groups in total. The van der Waals surface area contributed by atoms with Crippen molar-refractivity contribution in [3.05, 3.63) is 33.9 Å². The van der Waals surface area contributed by atoms with E-state index in [1.165, 1.54) is 7.11 Å². The van der Waals surface area contributed by atoms with Crippen LogP contribution in [0.2, 0.25) is 0 Å². The molecule has 1 aliphatic rings. The lowest BCUT2D eigenvalue weighted by molar-refractivity contribution is -0.138. The lowest BCUT2D eigenvalue weighted by atomic mass is 9.94. The number of esters is 1. The maximum Gasteiger partial charge on any atom is 0.342 e. The van der Waals surface area contributed by atoms with Crippen LogP contribution in [-0.4, -0.2) is 40.5 Å². The predicted octanol–water partition coefficient (Wildman–Crippen LogP) is 1.70. The molecule has 0 radical (unpaired) electrons. The Kier molecular flexibility index (Phi) is 5.14. The molecule has 0 saturated carbocycles. The average Bonchev–Trinajstić information content (AvgIpc) is 2.90. The van der Waals surface area contributed by atoms with Crippen LogP contribution < -0.4 is 4.74 Å². The normalized spacial score (nSPS) is 15.0. The zero-order chi connectivity index (χ0) is 18.0. The van der Waals surface area contributed by atoms with Crippen LogP contribution >= 0.6 is 0 Å². The van der Waals surface area contributed by atoms with E-state index in [0.717, 1.165) is 0 Å². The summed E-state index contributed by atoms with van der Waals surface area (Å²) in [5.41, 5.74) is 2.31. The number of phenols is 1. The van der Waals surface area contributed by atoms with Crippen LogP contribution in [0.5, 0.6) is 11.5 Å². The Hall–Kier alpha value is -2.54. The van der Waals surface area contributed by atoms with Crippen molar-refractivity contribution in [2.24, 2.45) is 0 Å². The van der Waals surface area contributed by atoms with Gasteiger partial charge in [-0.2, -0.15) is 0 Å². The maximum atomic E-state index is 11.8. The fraction of sp³-hybridized carbons (Fsp3) is 0.412. The number of aliphatic hydroxyl groups excluding tert-OH is 1. The van der Waals surface area contributed by atoms with E-state index in [0.29, 0.717) is 28.0 Å². The van der Waals surface area contributed by atoms with Crippen molar-refractivity contribution < 1.29 is 34.4 Å². The van der Waals surface area contributed by atoms with E-state index in [1.54, 1.807) is 19.9 Å². The number of allylic oxidation sites excluding steroid dienone is 1. The molecule has 0 fully saturated rings. The topological polar surface area (TPSA) is 113 Å². The van der Waals surface area contributed by atoms with Gasteiger partial charge >= 0.3 is 11.9 Å². The quantitative estimate of drug-likeness (QED) is 0.535. The Labute approximate surface area is 139 Å². The second-order valence-corrected chi connectivity index (χ2v) is 5.68. The third-order valence-corrected chi connectivity index (χ3v) is 4.17. The number of aliphatic carboxylic acids is 1.